The first-order valence-electron chi connectivity index (χ1n) is 12.9. The molecule has 0 aliphatic rings. The van der Waals surface area contributed by atoms with Crippen LogP contribution in [0.4, 0.5) is 5.95 Å². The second-order valence-corrected chi connectivity index (χ2v) is 10.3. The van der Waals surface area contributed by atoms with Crippen LogP contribution < -0.4 is 5.43 Å². The molecular weight excluding hydrogens is 555 g/mol. The maximum atomic E-state index is 11.5. The van der Waals surface area contributed by atoms with Crippen molar-refractivity contribution in [1.29, 1.82) is 0 Å². The Labute approximate surface area is 250 Å². The van der Waals surface area contributed by atoms with Crippen molar-refractivity contribution in [3.05, 3.63) is 147 Å². The van der Waals surface area contributed by atoms with Gasteiger partial charge in [0, 0.05) is 50.5 Å². The summed E-state index contributed by atoms with van der Waals surface area (Å²) in [6.07, 6.45) is 4.56. The largest absolute Gasteiger partial charge is 0.376 e. The maximum absolute atomic E-state index is 11.5. The van der Waals surface area contributed by atoms with Gasteiger partial charge in [0.2, 0.25) is 5.95 Å². The molecule has 0 aliphatic heterocycles. The van der Waals surface area contributed by atoms with E-state index in [0.717, 1.165) is 22.7 Å². The highest BCUT2D eigenvalue weighted by molar-refractivity contribution is 6.31. The molecule has 0 amide bonds. The Hall–Kier alpha value is -4.17. The van der Waals surface area contributed by atoms with Crippen molar-refractivity contribution in [3.63, 3.8) is 0 Å². The Balaban J connectivity index is 0.000000191. The van der Waals surface area contributed by atoms with Gasteiger partial charge in [0.1, 0.15) is 11.9 Å². The summed E-state index contributed by atoms with van der Waals surface area (Å²) in [5.41, 5.74) is 8.30. The Kier molecular flexibility index (Phi) is 9.78. The first-order chi connectivity index (χ1) is 19.7. The Morgan fingerprint density at radius 3 is 2.05 bits per heavy atom. The van der Waals surface area contributed by atoms with E-state index in [1.54, 1.807) is 48.8 Å². The molecule has 0 spiro atoms. The quantitative estimate of drug-likeness (QED) is 0.160. The summed E-state index contributed by atoms with van der Waals surface area (Å²) in [7, 11) is 0. The molecule has 3 aromatic carbocycles. The van der Waals surface area contributed by atoms with E-state index in [-0.39, 0.29) is 0 Å². The molecule has 7 nitrogen and oxygen atoms in total. The van der Waals surface area contributed by atoms with Gasteiger partial charge in [-0.05, 0) is 63.1 Å². The van der Waals surface area contributed by atoms with Gasteiger partial charge >= 0.3 is 0 Å². The first-order valence-corrected chi connectivity index (χ1v) is 13.6. The minimum Gasteiger partial charge on any atom is -0.376 e. The molecule has 1 unspecified atom stereocenters. The molecule has 0 bridgehead atoms. The van der Waals surface area contributed by atoms with Crippen LogP contribution in [0.3, 0.4) is 0 Å². The standard InChI is InChI=1S/C17H12Cl2N2O.C15H18N4/c18-14-7-5-12(6-8-14)17(22,13-9-20-11-21-10-13)15-3-1-2-4-16(15)19;1-10-7-5-6-8-14(10)13(4)18-19-15-16-11(2)9-12(3)17-15/h1-11,22H;5-9H,1-4H3,(H,16,17,19)/b;18-13-. The Morgan fingerprint density at radius 1 is 0.805 bits per heavy atom. The van der Waals surface area contributed by atoms with Gasteiger partial charge < -0.3 is 5.11 Å². The van der Waals surface area contributed by atoms with E-state index in [9.17, 15) is 5.11 Å². The van der Waals surface area contributed by atoms with Crippen LogP contribution in [0, 0.1) is 20.8 Å². The van der Waals surface area contributed by atoms with Crippen LogP contribution in [0.5, 0.6) is 0 Å². The molecule has 5 aromatic rings. The average Bonchev–Trinajstić information content (AvgIpc) is 2.97. The highest BCUT2D eigenvalue weighted by atomic mass is 35.5. The van der Waals surface area contributed by atoms with Crippen molar-refractivity contribution < 1.29 is 5.11 Å². The Bertz CT molecular complexity index is 1620. The van der Waals surface area contributed by atoms with Crippen molar-refractivity contribution in [2.24, 2.45) is 5.10 Å². The fraction of sp³-hybridized carbons (Fsp3) is 0.156. The van der Waals surface area contributed by atoms with E-state index in [1.807, 2.05) is 51.1 Å². The van der Waals surface area contributed by atoms with E-state index in [2.05, 4.69) is 49.5 Å². The third-order valence-electron chi connectivity index (χ3n) is 6.34. The van der Waals surface area contributed by atoms with E-state index in [0.29, 0.717) is 32.7 Å². The summed E-state index contributed by atoms with van der Waals surface area (Å²) in [6.45, 7) is 7.93. The third-order valence-corrected chi connectivity index (χ3v) is 6.93. The summed E-state index contributed by atoms with van der Waals surface area (Å²) in [5, 5.41) is 16.9. The summed E-state index contributed by atoms with van der Waals surface area (Å²) < 4.78 is 0. The molecular formula is C32H30Cl2N6O. The smallest absolute Gasteiger partial charge is 0.243 e. The van der Waals surface area contributed by atoms with Crippen molar-refractivity contribution in [1.82, 2.24) is 19.9 Å². The SMILES string of the molecule is C/C(=N/Nc1nc(C)cc(C)n1)c1ccccc1C.OC(c1ccc(Cl)cc1)(c1cncnc1)c1ccccc1Cl. The predicted molar refractivity (Wildman–Crippen MR) is 166 cm³/mol. The van der Waals surface area contributed by atoms with E-state index >= 15 is 0 Å². The molecule has 0 radical (unpaired) electrons. The highest BCUT2D eigenvalue weighted by Gasteiger charge is 2.36. The topological polar surface area (TPSA) is 96.2 Å². The molecule has 0 fully saturated rings. The van der Waals surface area contributed by atoms with Crippen molar-refractivity contribution in [3.8, 4) is 0 Å². The molecule has 41 heavy (non-hydrogen) atoms. The van der Waals surface area contributed by atoms with Gasteiger partial charge in [0.15, 0.2) is 0 Å². The molecule has 208 valence electrons. The van der Waals surface area contributed by atoms with E-state index in [1.165, 1.54) is 11.9 Å². The number of anilines is 1. The van der Waals surface area contributed by atoms with Crippen LogP contribution >= 0.6 is 23.2 Å². The lowest BCUT2D eigenvalue weighted by molar-refractivity contribution is 0.125. The molecule has 2 aromatic heterocycles. The monoisotopic (exact) mass is 584 g/mol. The minimum absolute atomic E-state index is 0.462. The number of nitrogens with one attached hydrogen (secondary N) is 1. The van der Waals surface area contributed by atoms with Gasteiger partial charge in [0.25, 0.3) is 0 Å². The number of aliphatic hydroxyl groups is 1. The number of rotatable bonds is 6. The predicted octanol–water partition coefficient (Wildman–Crippen LogP) is 7.31. The lowest BCUT2D eigenvalue weighted by Crippen LogP contribution is -2.29. The number of hydrogen-bond donors (Lipinski definition) is 2. The van der Waals surface area contributed by atoms with Gasteiger partial charge in [-0.3, -0.25) is 0 Å². The van der Waals surface area contributed by atoms with Crippen LogP contribution in [0.15, 0.2) is 103 Å². The zero-order valence-electron chi connectivity index (χ0n) is 23.2. The number of hydrogen-bond acceptors (Lipinski definition) is 7. The molecule has 9 heteroatoms. The molecule has 5 rings (SSSR count). The minimum atomic E-state index is -1.45. The van der Waals surface area contributed by atoms with Crippen LogP contribution in [0.2, 0.25) is 10.0 Å². The number of aryl methyl sites for hydroxylation is 3. The second kappa shape index (κ2) is 13.5. The summed E-state index contributed by atoms with van der Waals surface area (Å²) in [6, 6.07) is 24.2. The normalized spacial score (nSPS) is 12.6. The number of nitrogens with zero attached hydrogens (tertiary/aromatic N) is 5. The van der Waals surface area contributed by atoms with Crippen molar-refractivity contribution in [2.75, 3.05) is 5.43 Å². The van der Waals surface area contributed by atoms with E-state index in [4.69, 9.17) is 23.2 Å². The molecule has 2 N–H and O–H groups in total. The van der Waals surface area contributed by atoms with Crippen LogP contribution in [-0.4, -0.2) is 30.8 Å². The summed E-state index contributed by atoms with van der Waals surface area (Å²) in [4.78, 5) is 16.6. The molecule has 0 aliphatic carbocycles. The van der Waals surface area contributed by atoms with Gasteiger partial charge in [-0.1, -0.05) is 77.8 Å². The molecule has 0 saturated heterocycles. The average molecular weight is 586 g/mol. The van der Waals surface area contributed by atoms with Crippen LogP contribution in [-0.2, 0) is 5.60 Å². The number of benzene rings is 3. The Morgan fingerprint density at radius 2 is 1.41 bits per heavy atom. The second-order valence-electron chi connectivity index (χ2n) is 9.42. The fourth-order valence-electron chi connectivity index (χ4n) is 4.36. The first kappa shape index (κ1) is 29.8. The fourth-order valence-corrected chi connectivity index (χ4v) is 4.76. The molecule has 0 saturated carbocycles. The molecule has 2 heterocycles. The summed E-state index contributed by atoms with van der Waals surface area (Å²) in [5.74, 6) is 0.533. The van der Waals surface area contributed by atoms with Gasteiger partial charge in [-0.15, -0.1) is 0 Å². The van der Waals surface area contributed by atoms with E-state index < -0.39 is 5.60 Å². The summed E-state index contributed by atoms with van der Waals surface area (Å²) >= 11 is 12.3. The van der Waals surface area contributed by atoms with Crippen LogP contribution in [0.1, 0.15) is 46.1 Å². The van der Waals surface area contributed by atoms with Gasteiger partial charge in [-0.25, -0.2) is 25.4 Å². The van der Waals surface area contributed by atoms with Crippen molar-refractivity contribution >= 4 is 34.9 Å². The third kappa shape index (κ3) is 7.32. The maximum Gasteiger partial charge on any atom is 0.243 e. The van der Waals surface area contributed by atoms with Gasteiger partial charge in [-0.2, -0.15) is 5.10 Å². The lowest BCUT2D eigenvalue weighted by Gasteiger charge is -2.30. The number of hydrazone groups is 1. The zero-order chi connectivity index (χ0) is 29.4. The molecule has 1 atom stereocenters. The number of halogens is 2. The van der Waals surface area contributed by atoms with Crippen molar-refractivity contribution in [2.45, 2.75) is 33.3 Å². The highest BCUT2D eigenvalue weighted by Crippen LogP contribution is 2.39. The number of aromatic nitrogens is 4. The lowest BCUT2D eigenvalue weighted by atomic mass is 9.81. The van der Waals surface area contributed by atoms with Gasteiger partial charge in [0.05, 0.1) is 5.71 Å². The zero-order valence-corrected chi connectivity index (χ0v) is 24.7. The van der Waals surface area contributed by atoms with Crippen LogP contribution in [0.25, 0.3) is 0 Å².